The molecular formula is C28H38O7. The smallest absolute Gasteiger partial charge is 0.308 e. The third-order valence-corrected chi connectivity index (χ3v) is 5.35. The fourth-order valence-electron chi connectivity index (χ4n) is 3.57. The second kappa shape index (κ2) is 17.7. The molecule has 0 N–H and O–H groups in total. The van der Waals surface area contributed by atoms with Crippen LogP contribution in [0.4, 0.5) is 0 Å². The highest BCUT2D eigenvalue weighted by Gasteiger charge is 2.01. The van der Waals surface area contributed by atoms with Crippen LogP contribution < -0.4 is 9.47 Å². The van der Waals surface area contributed by atoms with Crippen LogP contribution in [0.1, 0.15) is 76.3 Å². The molecule has 2 rings (SSSR count). The summed E-state index contributed by atoms with van der Waals surface area (Å²) in [5, 5.41) is 4.79. The van der Waals surface area contributed by atoms with Gasteiger partial charge in [0.15, 0.2) is 0 Å². The van der Waals surface area contributed by atoms with E-state index in [0.29, 0.717) is 24.7 Å². The van der Waals surface area contributed by atoms with Gasteiger partial charge in [-0.05, 0) is 73.9 Å². The van der Waals surface area contributed by atoms with Crippen LogP contribution in [0.2, 0.25) is 0 Å². The summed E-state index contributed by atoms with van der Waals surface area (Å²) in [6, 6.07) is 15.3. The van der Waals surface area contributed by atoms with E-state index in [0.717, 1.165) is 64.2 Å². The number of esters is 2. The van der Waals surface area contributed by atoms with Crippen molar-refractivity contribution in [1.29, 1.82) is 0 Å². The molecular weight excluding hydrogens is 448 g/mol. The number of unbranched alkanes of at least 4 members (excludes halogenated alkanes) is 6. The molecule has 0 spiro atoms. The van der Waals surface area contributed by atoms with Crippen LogP contribution in [0.5, 0.6) is 11.5 Å². The molecule has 0 radical (unpaired) electrons. The van der Waals surface area contributed by atoms with Crippen molar-refractivity contribution in [2.45, 2.75) is 78.1 Å². The van der Waals surface area contributed by atoms with Gasteiger partial charge in [-0.25, -0.2) is 9.78 Å². The first-order chi connectivity index (χ1) is 17.0. The van der Waals surface area contributed by atoms with Crippen molar-refractivity contribution < 1.29 is 33.9 Å². The zero-order chi connectivity index (χ0) is 25.1. The minimum Gasteiger partial charge on any atom is -0.427 e. The molecule has 0 atom stereocenters. The molecule has 0 fully saturated rings. The van der Waals surface area contributed by atoms with Crippen molar-refractivity contribution in [3.63, 3.8) is 0 Å². The molecule has 0 saturated carbocycles. The molecule has 0 amide bonds. The average Bonchev–Trinajstić information content (AvgIpc) is 2.83. The number of carbonyl (C=O) groups is 2. The lowest BCUT2D eigenvalue weighted by Gasteiger charge is -2.06. The molecule has 0 aliphatic carbocycles. The predicted octanol–water partition coefficient (Wildman–Crippen LogP) is 6.32. The quantitative estimate of drug-likeness (QED) is 0.0801. The normalized spacial score (nSPS) is 10.8. The molecule has 0 heterocycles. The van der Waals surface area contributed by atoms with Crippen LogP contribution in [0.15, 0.2) is 48.5 Å². The maximum absolute atomic E-state index is 10.9. The van der Waals surface area contributed by atoms with Gasteiger partial charge >= 0.3 is 11.9 Å². The Morgan fingerprint density at radius 1 is 0.543 bits per heavy atom. The summed E-state index contributed by atoms with van der Waals surface area (Å²) < 4.78 is 10.1. The molecule has 0 aromatic heterocycles. The van der Waals surface area contributed by atoms with Gasteiger partial charge in [0.05, 0.1) is 13.2 Å². The SMILES string of the molecule is CC(=O)Oc1ccc(CCCCCCOOOCCCCCCc2ccc(OC(C)=O)cc2)cc1. The van der Waals surface area contributed by atoms with Gasteiger partial charge in [0.2, 0.25) is 0 Å². The Bertz CT molecular complexity index is 775. The fourth-order valence-corrected chi connectivity index (χ4v) is 3.57. The van der Waals surface area contributed by atoms with E-state index in [1.54, 1.807) is 0 Å². The van der Waals surface area contributed by atoms with Crippen molar-refractivity contribution in [3.8, 4) is 11.5 Å². The van der Waals surface area contributed by atoms with Crippen LogP contribution in [0, 0.1) is 0 Å². The van der Waals surface area contributed by atoms with Crippen LogP contribution in [-0.2, 0) is 37.2 Å². The summed E-state index contributed by atoms with van der Waals surface area (Å²) in [6.45, 7) is 3.84. The van der Waals surface area contributed by atoms with Crippen molar-refractivity contribution in [2.75, 3.05) is 13.2 Å². The fraction of sp³-hybridized carbons (Fsp3) is 0.500. The Morgan fingerprint density at radius 2 is 0.914 bits per heavy atom. The Kier molecular flexibility index (Phi) is 14.4. The number of rotatable bonds is 18. The lowest BCUT2D eigenvalue weighted by molar-refractivity contribution is -0.512. The molecule has 0 aliphatic heterocycles. The summed E-state index contributed by atoms with van der Waals surface area (Å²) in [6.07, 6.45) is 10.4. The first kappa shape index (κ1) is 28.5. The molecule has 35 heavy (non-hydrogen) atoms. The summed E-state index contributed by atoms with van der Waals surface area (Å²) in [7, 11) is 0. The topological polar surface area (TPSA) is 80.3 Å². The van der Waals surface area contributed by atoms with Gasteiger partial charge < -0.3 is 9.47 Å². The zero-order valence-corrected chi connectivity index (χ0v) is 21.0. The van der Waals surface area contributed by atoms with E-state index in [-0.39, 0.29) is 11.9 Å². The lowest BCUT2D eigenvalue weighted by Crippen LogP contribution is -2.01. The number of ether oxygens (including phenoxy) is 2. The lowest BCUT2D eigenvalue weighted by atomic mass is 10.1. The van der Waals surface area contributed by atoms with E-state index in [1.807, 2.05) is 48.5 Å². The minimum atomic E-state index is -0.302. The zero-order valence-electron chi connectivity index (χ0n) is 21.0. The van der Waals surface area contributed by atoms with Crippen LogP contribution >= 0.6 is 0 Å². The van der Waals surface area contributed by atoms with Crippen LogP contribution in [0.25, 0.3) is 0 Å². The summed E-state index contributed by atoms with van der Waals surface area (Å²) in [5.74, 6) is 0.566. The number of benzene rings is 2. The number of hydrogen-bond donors (Lipinski definition) is 0. The highest BCUT2D eigenvalue weighted by Crippen LogP contribution is 2.16. The molecule has 0 aliphatic rings. The third-order valence-electron chi connectivity index (χ3n) is 5.35. The molecule has 192 valence electrons. The predicted molar refractivity (Wildman–Crippen MR) is 133 cm³/mol. The van der Waals surface area contributed by atoms with Crippen molar-refractivity contribution >= 4 is 11.9 Å². The van der Waals surface area contributed by atoms with Crippen molar-refractivity contribution in [2.24, 2.45) is 0 Å². The van der Waals surface area contributed by atoms with Gasteiger partial charge in [0, 0.05) is 13.8 Å². The van der Waals surface area contributed by atoms with Crippen molar-refractivity contribution in [1.82, 2.24) is 0 Å². The standard InChI is InChI=1S/C28H38O7/c1-23(29)33-27-17-13-25(14-18-27)11-7-3-5-9-21-31-35-32-22-10-6-4-8-12-26-15-19-28(20-16-26)34-24(2)30/h13-20H,3-12,21-22H2,1-2H3. The Balaban J connectivity index is 1.33. The Hall–Kier alpha value is -2.74. The monoisotopic (exact) mass is 486 g/mol. The van der Waals surface area contributed by atoms with E-state index in [4.69, 9.17) is 24.3 Å². The van der Waals surface area contributed by atoms with E-state index >= 15 is 0 Å². The molecule has 0 bridgehead atoms. The maximum atomic E-state index is 10.9. The van der Waals surface area contributed by atoms with Gasteiger partial charge in [-0.2, -0.15) is 0 Å². The maximum Gasteiger partial charge on any atom is 0.308 e. The second-order valence-electron chi connectivity index (χ2n) is 8.52. The number of aryl methyl sites for hydroxylation is 2. The second-order valence-corrected chi connectivity index (χ2v) is 8.52. The highest BCUT2D eigenvalue weighted by molar-refractivity contribution is 5.69. The van der Waals surface area contributed by atoms with Gasteiger partial charge in [0.1, 0.15) is 11.5 Å². The number of carbonyl (C=O) groups excluding carboxylic acids is 2. The van der Waals surface area contributed by atoms with E-state index < -0.39 is 0 Å². The first-order valence-electron chi connectivity index (χ1n) is 12.5. The van der Waals surface area contributed by atoms with Crippen molar-refractivity contribution in [3.05, 3.63) is 59.7 Å². The third kappa shape index (κ3) is 14.3. The molecule has 0 saturated heterocycles. The van der Waals surface area contributed by atoms with Crippen LogP contribution in [0.3, 0.4) is 0 Å². The van der Waals surface area contributed by atoms with Gasteiger partial charge in [-0.3, -0.25) is 9.59 Å². The Labute approximate surface area is 208 Å². The van der Waals surface area contributed by atoms with Gasteiger partial charge in [0.25, 0.3) is 0 Å². The minimum absolute atomic E-state index is 0.302. The van der Waals surface area contributed by atoms with Crippen LogP contribution in [-0.4, -0.2) is 25.2 Å². The van der Waals surface area contributed by atoms with E-state index in [2.05, 4.69) is 0 Å². The summed E-state index contributed by atoms with van der Waals surface area (Å²) in [4.78, 5) is 32.0. The summed E-state index contributed by atoms with van der Waals surface area (Å²) >= 11 is 0. The largest absolute Gasteiger partial charge is 0.427 e. The molecule has 2 aromatic carbocycles. The molecule has 7 heteroatoms. The van der Waals surface area contributed by atoms with Gasteiger partial charge in [-0.15, -0.1) is 0 Å². The molecule has 7 nitrogen and oxygen atoms in total. The molecule has 0 unspecified atom stereocenters. The molecule has 2 aromatic rings. The van der Waals surface area contributed by atoms with E-state index in [1.165, 1.54) is 25.0 Å². The average molecular weight is 487 g/mol. The Morgan fingerprint density at radius 3 is 1.29 bits per heavy atom. The van der Waals surface area contributed by atoms with E-state index in [9.17, 15) is 9.59 Å². The highest BCUT2D eigenvalue weighted by atomic mass is 17.5. The summed E-state index contributed by atoms with van der Waals surface area (Å²) in [5.41, 5.74) is 2.48. The van der Waals surface area contributed by atoms with Gasteiger partial charge in [-0.1, -0.05) is 55.0 Å². The number of hydrogen-bond acceptors (Lipinski definition) is 7. The first-order valence-corrected chi connectivity index (χ1v) is 12.5.